The maximum Gasteiger partial charge on any atom is 0.0713 e. The Morgan fingerprint density at radius 3 is 1.67 bits per heavy atom. The fraction of sp³-hybridized carbons (Fsp3) is 0.0370. The highest BCUT2D eigenvalue weighted by atomic mass is 15.0. The average Bonchev–Trinajstić information content (AvgIpc) is 3.75. The van der Waals surface area contributed by atoms with Crippen molar-refractivity contribution in [2.45, 2.75) is 11.8 Å². The second-order valence-electron chi connectivity index (χ2n) is 14.9. The zero-order valence-corrected chi connectivity index (χ0v) is 30.4. The fourth-order valence-electron chi connectivity index (χ4n) is 9.47. The Kier molecular flexibility index (Phi) is 7.22. The van der Waals surface area contributed by atoms with Crippen LogP contribution in [0.3, 0.4) is 0 Å². The highest BCUT2D eigenvalue weighted by molar-refractivity contribution is 6.18. The van der Waals surface area contributed by atoms with E-state index in [0.29, 0.717) is 0 Å². The van der Waals surface area contributed by atoms with E-state index in [4.69, 9.17) is 0 Å². The Morgan fingerprint density at radius 2 is 0.945 bits per heavy atom. The van der Waals surface area contributed by atoms with Crippen LogP contribution in [0.2, 0.25) is 0 Å². The first-order chi connectivity index (χ1) is 27.3. The molecule has 55 heavy (non-hydrogen) atoms. The molecule has 0 aliphatic heterocycles. The molecule has 1 aliphatic rings. The van der Waals surface area contributed by atoms with Crippen molar-refractivity contribution in [3.63, 3.8) is 0 Å². The number of rotatable bonds is 6. The molecular formula is C54H37N. The van der Waals surface area contributed by atoms with Gasteiger partial charge in [0.05, 0.1) is 16.4 Å². The van der Waals surface area contributed by atoms with Crippen LogP contribution in [0.4, 0.5) is 0 Å². The van der Waals surface area contributed by atoms with Crippen molar-refractivity contribution >= 4 is 32.6 Å². The van der Waals surface area contributed by atoms with Gasteiger partial charge in [0.15, 0.2) is 0 Å². The summed E-state index contributed by atoms with van der Waals surface area (Å²) in [6.45, 7) is 0. The highest BCUT2D eigenvalue weighted by Gasteiger charge is 2.46. The average molecular weight is 700 g/mol. The molecule has 0 atom stereocenters. The van der Waals surface area contributed by atoms with Gasteiger partial charge in [-0.1, -0.05) is 188 Å². The molecule has 10 aromatic rings. The normalized spacial score (nSPS) is 12.9. The third kappa shape index (κ3) is 4.87. The molecular weight excluding hydrogens is 663 g/mol. The van der Waals surface area contributed by atoms with Crippen molar-refractivity contribution < 1.29 is 0 Å². The highest BCUT2D eigenvalue weighted by Crippen LogP contribution is 2.57. The lowest BCUT2D eigenvalue weighted by Crippen LogP contribution is -2.28. The molecule has 0 N–H and O–H groups in total. The van der Waals surface area contributed by atoms with Gasteiger partial charge < -0.3 is 4.57 Å². The number of fused-ring (bicyclic) bond motifs is 8. The summed E-state index contributed by atoms with van der Waals surface area (Å²) in [5.41, 5.74) is 16.1. The van der Waals surface area contributed by atoms with Gasteiger partial charge in [-0.3, -0.25) is 0 Å². The Balaban J connectivity index is 1.11. The van der Waals surface area contributed by atoms with Crippen molar-refractivity contribution in [1.29, 1.82) is 0 Å². The minimum absolute atomic E-state index is 0.473. The monoisotopic (exact) mass is 699 g/mol. The van der Waals surface area contributed by atoms with Crippen LogP contribution < -0.4 is 0 Å². The lowest BCUT2D eigenvalue weighted by atomic mass is 9.67. The van der Waals surface area contributed by atoms with Crippen molar-refractivity contribution in [3.05, 3.63) is 246 Å². The van der Waals surface area contributed by atoms with Crippen molar-refractivity contribution in [2.75, 3.05) is 0 Å². The molecule has 0 saturated carbocycles. The number of benzene rings is 9. The quantitative estimate of drug-likeness (QED) is 0.163. The molecule has 0 amide bonds. The van der Waals surface area contributed by atoms with Crippen LogP contribution in [0.15, 0.2) is 212 Å². The van der Waals surface area contributed by atoms with E-state index >= 15 is 0 Å². The molecule has 0 radical (unpaired) electrons. The van der Waals surface area contributed by atoms with E-state index in [0.717, 1.165) is 6.42 Å². The Morgan fingerprint density at radius 1 is 0.382 bits per heavy atom. The summed E-state index contributed by atoms with van der Waals surface area (Å²) in [4.78, 5) is 0. The summed E-state index contributed by atoms with van der Waals surface area (Å²) in [5, 5.41) is 5.09. The van der Waals surface area contributed by atoms with E-state index in [1.54, 1.807) is 0 Å². The standard InChI is InChI=1S/C54H37N/c1-5-15-39(16-6-1)41-28-31-47-46-29-25-37(34-50(46)54(51(47)36-41,42-18-7-2-8-19-42)43-20-9-3-10-21-43)33-38-26-30-48-49-32-27-40-17-13-14-24-45(40)53(49)55(52(48)35-38)44-22-11-4-12-23-44/h1-32,34-36H,33H2. The van der Waals surface area contributed by atoms with Gasteiger partial charge in [0.2, 0.25) is 0 Å². The van der Waals surface area contributed by atoms with E-state index in [2.05, 4.69) is 217 Å². The first-order valence-electron chi connectivity index (χ1n) is 19.2. The van der Waals surface area contributed by atoms with Gasteiger partial charge in [-0.15, -0.1) is 0 Å². The number of para-hydroxylation sites is 1. The summed E-state index contributed by atoms with van der Waals surface area (Å²) in [6, 6.07) is 78.6. The van der Waals surface area contributed by atoms with Gasteiger partial charge in [-0.2, -0.15) is 0 Å². The molecule has 1 aliphatic carbocycles. The van der Waals surface area contributed by atoms with Gasteiger partial charge in [-0.25, -0.2) is 0 Å². The Labute approximate surface area is 321 Å². The first-order valence-corrected chi connectivity index (χ1v) is 19.2. The Bertz CT molecular complexity index is 2990. The molecule has 258 valence electrons. The number of hydrogen-bond donors (Lipinski definition) is 0. The van der Waals surface area contributed by atoms with Gasteiger partial charge in [0.1, 0.15) is 0 Å². The molecule has 0 saturated heterocycles. The summed E-state index contributed by atoms with van der Waals surface area (Å²) in [5.74, 6) is 0. The second-order valence-corrected chi connectivity index (χ2v) is 14.9. The predicted octanol–water partition coefficient (Wildman–Crippen LogP) is 13.6. The molecule has 0 bridgehead atoms. The molecule has 1 heterocycles. The maximum atomic E-state index is 2.50. The molecule has 0 unspecified atom stereocenters. The van der Waals surface area contributed by atoms with Crippen LogP contribution in [-0.4, -0.2) is 4.57 Å². The predicted molar refractivity (Wildman–Crippen MR) is 230 cm³/mol. The van der Waals surface area contributed by atoms with Gasteiger partial charge in [0, 0.05) is 21.8 Å². The summed E-state index contributed by atoms with van der Waals surface area (Å²) in [7, 11) is 0. The van der Waals surface area contributed by atoms with E-state index < -0.39 is 5.41 Å². The summed E-state index contributed by atoms with van der Waals surface area (Å²) in [6.07, 6.45) is 0.825. The largest absolute Gasteiger partial charge is 0.309 e. The number of aromatic nitrogens is 1. The summed E-state index contributed by atoms with van der Waals surface area (Å²) >= 11 is 0. The van der Waals surface area contributed by atoms with Crippen LogP contribution >= 0.6 is 0 Å². The molecule has 0 spiro atoms. The van der Waals surface area contributed by atoms with Gasteiger partial charge in [-0.05, 0) is 91.7 Å². The zero-order chi connectivity index (χ0) is 36.3. The SMILES string of the molecule is c1ccc(-c2ccc3c(c2)C(c2ccccc2)(c2ccccc2)c2cc(Cc4ccc5c6ccc7ccccc7c6n(-c6ccccc6)c5c4)ccc2-3)cc1. The van der Waals surface area contributed by atoms with E-state index in [1.165, 1.54) is 93.9 Å². The van der Waals surface area contributed by atoms with E-state index in [9.17, 15) is 0 Å². The minimum Gasteiger partial charge on any atom is -0.309 e. The van der Waals surface area contributed by atoms with Crippen LogP contribution in [0.5, 0.6) is 0 Å². The third-order valence-corrected chi connectivity index (χ3v) is 11.9. The van der Waals surface area contributed by atoms with Crippen molar-refractivity contribution in [2.24, 2.45) is 0 Å². The lowest BCUT2D eigenvalue weighted by molar-refractivity contribution is 0.767. The molecule has 11 rings (SSSR count). The molecule has 0 fully saturated rings. The van der Waals surface area contributed by atoms with Crippen LogP contribution in [-0.2, 0) is 11.8 Å². The van der Waals surface area contributed by atoms with Crippen LogP contribution in [0.1, 0.15) is 33.4 Å². The van der Waals surface area contributed by atoms with Crippen LogP contribution in [0, 0.1) is 0 Å². The summed E-state index contributed by atoms with van der Waals surface area (Å²) < 4.78 is 2.47. The van der Waals surface area contributed by atoms with Gasteiger partial charge >= 0.3 is 0 Å². The smallest absolute Gasteiger partial charge is 0.0713 e. The topological polar surface area (TPSA) is 4.93 Å². The maximum absolute atomic E-state index is 2.50. The molecule has 1 heteroatoms. The van der Waals surface area contributed by atoms with Crippen molar-refractivity contribution in [1.82, 2.24) is 4.57 Å². The number of hydrogen-bond acceptors (Lipinski definition) is 0. The van der Waals surface area contributed by atoms with Gasteiger partial charge in [0.25, 0.3) is 0 Å². The molecule has 1 aromatic heterocycles. The Hall–Kier alpha value is -6.96. The minimum atomic E-state index is -0.473. The lowest BCUT2D eigenvalue weighted by Gasteiger charge is -2.34. The van der Waals surface area contributed by atoms with Crippen LogP contribution in [0.25, 0.3) is 60.5 Å². The number of nitrogens with zero attached hydrogens (tertiary/aromatic N) is 1. The van der Waals surface area contributed by atoms with Crippen molar-refractivity contribution in [3.8, 4) is 27.9 Å². The van der Waals surface area contributed by atoms with E-state index in [1.807, 2.05) is 0 Å². The molecule has 1 nitrogen and oxygen atoms in total. The van der Waals surface area contributed by atoms with E-state index in [-0.39, 0.29) is 0 Å². The fourth-order valence-corrected chi connectivity index (χ4v) is 9.47. The zero-order valence-electron chi connectivity index (χ0n) is 30.4. The first kappa shape index (κ1) is 31.6. The second kappa shape index (κ2) is 12.6. The molecule has 9 aromatic carbocycles. The third-order valence-electron chi connectivity index (χ3n) is 11.9.